The van der Waals surface area contributed by atoms with E-state index in [4.69, 9.17) is 5.11 Å². The van der Waals surface area contributed by atoms with Crippen LogP contribution in [-0.2, 0) is 4.79 Å². The van der Waals surface area contributed by atoms with Gasteiger partial charge < -0.3 is 10.4 Å². The highest BCUT2D eigenvalue weighted by molar-refractivity contribution is 5.88. The van der Waals surface area contributed by atoms with Crippen molar-refractivity contribution in [3.05, 3.63) is 0 Å². The average molecular weight is 143 g/mol. The lowest BCUT2D eigenvalue weighted by Gasteiger charge is -2.41. The summed E-state index contributed by atoms with van der Waals surface area (Å²) < 4.78 is 0. The van der Waals surface area contributed by atoms with Crippen LogP contribution in [0.15, 0.2) is 0 Å². The zero-order valence-electron chi connectivity index (χ0n) is 6.51. The maximum atomic E-state index is 10.5. The van der Waals surface area contributed by atoms with Crippen LogP contribution in [0.2, 0.25) is 0 Å². The lowest BCUT2D eigenvalue weighted by Crippen LogP contribution is -2.67. The fourth-order valence-corrected chi connectivity index (χ4v) is 1.06. The summed E-state index contributed by atoms with van der Waals surface area (Å²) in [6.07, 6.45) is -0.792. The minimum atomic E-state index is -0.792. The maximum Gasteiger partial charge on any atom is 0.251 e. The number of nitrogens with one attached hydrogen (secondary N) is 1. The third kappa shape index (κ3) is 1.01. The standard InChI is InChI=1S/C7H13NO2/c1-7(2,3)5-4(9)6(10)8-5/h4-5,9H,1-3H3,(H,8,10)/t4-,5-/m1/s1. The lowest BCUT2D eigenvalue weighted by molar-refractivity contribution is -0.147. The Labute approximate surface area is 60.4 Å². The van der Waals surface area contributed by atoms with Gasteiger partial charge in [0.05, 0.1) is 6.04 Å². The molecule has 2 atom stereocenters. The van der Waals surface area contributed by atoms with Crippen LogP contribution in [0.3, 0.4) is 0 Å². The number of β-lactam (4-membered cyclic amide) rings is 1. The SMILES string of the molecule is CC(C)(C)[C@@H]1NC(=O)[C@@H]1O. The minimum Gasteiger partial charge on any atom is -0.381 e. The molecule has 0 bridgehead atoms. The van der Waals surface area contributed by atoms with Crippen molar-refractivity contribution in [2.45, 2.75) is 32.9 Å². The van der Waals surface area contributed by atoms with E-state index in [1.165, 1.54) is 0 Å². The van der Waals surface area contributed by atoms with Gasteiger partial charge in [-0.05, 0) is 5.41 Å². The fraction of sp³-hybridized carbons (Fsp3) is 0.857. The van der Waals surface area contributed by atoms with Crippen molar-refractivity contribution in [3.63, 3.8) is 0 Å². The van der Waals surface area contributed by atoms with Crippen molar-refractivity contribution < 1.29 is 9.90 Å². The van der Waals surface area contributed by atoms with Gasteiger partial charge >= 0.3 is 0 Å². The van der Waals surface area contributed by atoms with Gasteiger partial charge in [0.2, 0.25) is 0 Å². The average Bonchev–Trinajstić information content (AvgIpc) is 1.79. The van der Waals surface area contributed by atoms with Crippen molar-refractivity contribution in [2.75, 3.05) is 0 Å². The molecule has 1 aliphatic rings. The predicted octanol–water partition coefficient (Wildman–Crippen LogP) is -0.108. The number of hydrogen-bond donors (Lipinski definition) is 2. The zero-order valence-corrected chi connectivity index (χ0v) is 6.51. The summed E-state index contributed by atoms with van der Waals surface area (Å²) in [6, 6.07) is -0.0694. The van der Waals surface area contributed by atoms with Crippen LogP contribution in [0, 0.1) is 5.41 Å². The van der Waals surface area contributed by atoms with Crippen LogP contribution in [0.5, 0.6) is 0 Å². The molecule has 0 aromatic carbocycles. The van der Waals surface area contributed by atoms with Crippen LogP contribution in [0.1, 0.15) is 20.8 Å². The van der Waals surface area contributed by atoms with Gasteiger partial charge in [-0.3, -0.25) is 4.79 Å². The highest BCUT2D eigenvalue weighted by Gasteiger charge is 2.44. The molecule has 0 spiro atoms. The van der Waals surface area contributed by atoms with E-state index in [1.807, 2.05) is 20.8 Å². The summed E-state index contributed by atoms with van der Waals surface area (Å²) in [5.41, 5.74) is -0.0344. The Balaban J connectivity index is 2.56. The normalized spacial score (nSPS) is 33.0. The van der Waals surface area contributed by atoms with Gasteiger partial charge in [0, 0.05) is 0 Å². The van der Waals surface area contributed by atoms with Crippen molar-refractivity contribution >= 4 is 5.91 Å². The van der Waals surface area contributed by atoms with Crippen molar-refractivity contribution in [2.24, 2.45) is 5.41 Å². The Morgan fingerprint density at radius 1 is 1.50 bits per heavy atom. The van der Waals surface area contributed by atoms with Gasteiger partial charge in [-0.15, -0.1) is 0 Å². The largest absolute Gasteiger partial charge is 0.381 e. The molecule has 58 valence electrons. The van der Waals surface area contributed by atoms with Gasteiger partial charge in [-0.1, -0.05) is 20.8 Å². The molecular weight excluding hydrogens is 130 g/mol. The monoisotopic (exact) mass is 143 g/mol. The Kier molecular flexibility index (Phi) is 1.47. The first-order chi connectivity index (χ1) is 4.43. The summed E-state index contributed by atoms with van der Waals surface area (Å²) in [7, 11) is 0. The second-order valence-corrected chi connectivity index (χ2v) is 3.80. The van der Waals surface area contributed by atoms with E-state index >= 15 is 0 Å². The summed E-state index contributed by atoms with van der Waals surface area (Å²) in [5, 5.41) is 11.7. The van der Waals surface area contributed by atoms with E-state index < -0.39 is 6.10 Å². The van der Waals surface area contributed by atoms with Crippen LogP contribution in [0.4, 0.5) is 0 Å². The van der Waals surface area contributed by atoms with Crippen LogP contribution < -0.4 is 5.32 Å². The summed E-state index contributed by atoms with van der Waals surface area (Å²) >= 11 is 0. The first kappa shape index (κ1) is 7.54. The summed E-state index contributed by atoms with van der Waals surface area (Å²) in [6.45, 7) is 5.96. The lowest BCUT2D eigenvalue weighted by atomic mass is 9.79. The van der Waals surface area contributed by atoms with E-state index in [1.54, 1.807) is 0 Å². The third-order valence-electron chi connectivity index (χ3n) is 1.82. The molecule has 0 unspecified atom stereocenters. The molecule has 0 saturated carbocycles. The number of carbonyl (C=O) groups excluding carboxylic acids is 1. The Morgan fingerprint density at radius 2 is 2.00 bits per heavy atom. The number of rotatable bonds is 0. The van der Waals surface area contributed by atoms with Gasteiger partial charge in [-0.25, -0.2) is 0 Å². The molecule has 0 aliphatic carbocycles. The molecule has 1 aliphatic heterocycles. The molecule has 2 N–H and O–H groups in total. The Morgan fingerprint density at radius 3 is 2.10 bits per heavy atom. The molecule has 0 radical (unpaired) electrons. The van der Waals surface area contributed by atoms with Crippen molar-refractivity contribution in [3.8, 4) is 0 Å². The Bertz CT molecular complexity index is 159. The summed E-state index contributed by atoms with van der Waals surface area (Å²) in [5.74, 6) is -0.250. The molecule has 1 amide bonds. The minimum absolute atomic E-state index is 0.0344. The molecule has 3 heteroatoms. The molecule has 1 heterocycles. The van der Waals surface area contributed by atoms with Crippen LogP contribution in [0.25, 0.3) is 0 Å². The van der Waals surface area contributed by atoms with E-state index in [-0.39, 0.29) is 17.4 Å². The van der Waals surface area contributed by atoms with Crippen LogP contribution >= 0.6 is 0 Å². The Hall–Kier alpha value is -0.570. The summed E-state index contributed by atoms with van der Waals surface area (Å²) in [4.78, 5) is 10.5. The number of aliphatic hydroxyl groups is 1. The van der Waals surface area contributed by atoms with Gasteiger partial charge in [0.25, 0.3) is 5.91 Å². The highest BCUT2D eigenvalue weighted by atomic mass is 16.3. The van der Waals surface area contributed by atoms with Gasteiger partial charge in [0.1, 0.15) is 0 Å². The van der Waals surface area contributed by atoms with E-state index in [0.717, 1.165) is 0 Å². The topological polar surface area (TPSA) is 49.3 Å². The highest BCUT2D eigenvalue weighted by Crippen LogP contribution is 2.26. The third-order valence-corrected chi connectivity index (χ3v) is 1.82. The van der Waals surface area contributed by atoms with Gasteiger partial charge in [-0.2, -0.15) is 0 Å². The molecule has 0 aromatic rings. The first-order valence-corrected chi connectivity index (χ1v) is 3.41. The number of aliphatic hydroxyl groups excluding tert-OH is 1. The van der Waals surface area contributed by atoms with Crippen molar-refractivity contribution in [1.82, 2.24) is 5.32 Å². The fourth-order valence-electron chi connectivity index (χ4n) is 1.06. The number of carbonyl (C=O) groups is 1. The zero-order chi connectivity index (χ0) is 7.94. The maximum absolute atomic E-state index is 10.5. The quantitative estimate of drug-likeness (QED) is 0.465. The predicted molar refractivity (Wildman–Crippen MR) is 37.4 cm³/mol. The second kappa shape index (κ2) is 1.95. The number of amides is 1. The van der Waals surface area contributed by atoms with E-state index in [9.17, 15) is 4.79 Å². The van der Waals surface area contributed by atoms with Crippen LogP contribution in [-0.4, -0.2) is 23.2 Å². The molecule has 3 nitrogen and oxygen atoms in total. The van der Waals surface area contributed by atoms with E-state index in [2.05, 4.69) is 5.32 Å². The molecule has 0 aromatic heterocycles. The van der Waals surface area contributed by atoms with Gasteiger partial charge in [0.15, 0.2) is 6.10 Å². The van der Waals surface area contributed by atoms with Crippen molar-refractivity contribution in [1.29, 1.82) is 0 Å². The molecular formula is C7H13NO2. The number of hydrogen-bond acceptors (Lipinski definition) is 2. The molecule has 1 fully saturated rings. The first-order valence-electron chi connectivity index (χ1n) is 3.41. The van der Waals surface area contributed by atoms with E-state index in [0.29, 0.717) is 0 Å². The molecule has 1 saturated heterocycles. The smallest absolute Gasteiger partial charge is 0.251 e. The molecule has 10 heavy (non-hydrogen) atoms. The molecule has 1 rings (SSSR count). The second-order valence-electron chi connectivity index (χ2n) is 3.80.